The summed E-state index contributed by atoms with van der Waals surface area (Å²) in [7, 11) is 1.70. The maximum atomic E-state index is 12.9. The largest absolute Gasteiger partial charge is 0.491 e. The molecule has 3 amide bonds. The van der Waals surface area contributed by atoms with Crippen molar-refractivity contribution in [1.82, 2.24) is 10.2 Å². The van der Waals surface area contributed by atoms with E-state index in [0.29, 0.717) is 17.3 Å². The number of imide groups is 1. The van der Waals surface area contributed by atoms with Gasteiger partial charge in [-0.05, 0) is 73.6 Å². The van der Waals surface area contributed by atoms with Crippen molar-refractivity contribution in [3.05, 3.63) is 29.3 Å². The minimum absolute atomic E-state index is 0.0833. The van der Waals surface area contributed by atoms with Gasteiger partial charge in [-0.15, -0.1) is 0 Å². The zero-order valence-corrected chi connectivity index (χ0v) is 18.9. The van der Waals surface area contributed by atoms with Gasteiger partial charge < -0.3 is 19.5 Å². The van der Waals surface area contributed by atoms with Crippen LogP contribution in [0.3, 0.4) is 0 Å². The van der Waals surface area contributed by atoms with Gasteiger partial charge in [-0.1, -0.05) is 6.07 Å². The quantitative estimate of drug-likeness (QED) is 0.589. The van der Waals surface area contributed by atoms with Crippen LogP contribution in [0.1, 0.15) is 55.7 Å². The predicted molar refractivity (Wildman–Crippen MR) is 116 cm³/mol. The van der Waals surface area contributed by atoms with Crippen molar-refractivity contribution < 1.29 is 32.6 Å². The molecule has 0 radical (unpaired) electrons. The van der Waals surface area contributed by atoms with Gasteiger partial charge in [0.05, 0.1) is 24.8 Å². The van der Waals surface area contributed by atoms with Gasteiger partial charge in [0.1, 0.15) is 12.4 Å². The van der Waals surface area contributed by atoms with Crippen LogP contribution in [0.4, 0.5) is 13.6 Å². The SMILES string of the molecule is CO[C@H]1CC[C@]2(CC1)Cc1ccc(OCC3CCCO3)cc1C2NC(=O)N(C=O)CC(F)F. The second-order valence-corrected chi connectivity index (χ2v) is 9.31. The minimum Gasteiger partial charge on any atom is -0.491 e. The lowest BCUT2D eigenvalue weighted by Gasteiger charge is -2.42. The Morgan fingerprint density at radius 1 is 1.33 bits per heavy atom. The van der Waals surface area contributed by atoms with Crippen molar-refractivity contribution in [3.8, 4) is 5.75 Å². The molecule has 182 valence electrons. The average Bonchev–Trinajstić information content (AvgIpc) is 3.43. The molecule has 1 saturated carbocycles. The Morgan fingerprint density at radius 3 is 2.76 bits per heavy atom. The lowest BCUT2D eigenvalue weighted by molar-refractivity contribution is -0.117. The Balaban J connectivity index is 1.56. The Kier molecular flexibility index (Phi) is 7.48. The standard InChI is InChI=1S/C24H32F2N2O5/c1-31-17-6-8-24(9-7-17)12-16-4-5-18(33-14-19-3-2-10-32-19)11-20(16)22(24)27-23(30)28(15-29)13-21(25)26/h4-5,11,15,17,19,21-22H,2-3,6-10,12-14H2,1H3,(H,27,30)/t17-,19?,22?,24-. The van der Waals surface area contributed by atoms with Crippen molar-refractivity contribution >= 4 is 12.4 Å². The molecule has 4 rings (SSSR count). The van der Waals surface area contributed by atoms with Gasteiger partial charge >= 0.3 is 6.03 Å². The van der Waals surface area contributed by atoms with Crippen molar-refractivity contribution in [3.63, 3.8) is 0 Å². The molecule has 1 aliphatic heterocycles. The smallest absolute Gasteiger partial charge is 0.324 e. The third kappa shape index (κ3) is 5.30. The van der Waals surface area contributed by atoms with E-state index in [9.17, 15) is 18.4 Å². The van der Waals surface area contributed by atoms with E-state index in [4.69, 9.17) is 14.2 Å². The van der Waals surface area contributed by atoms with Crippen LogP contribution in [0, 0.1) is 5.41 Å². The van der Waals surface area contributed by atoms with Gasteiger partial charge in [0, 0.05) is 13.7 Å². The average molecular weight is 467 g/mol. The number of fused-ring (bicyclic) bond motifs is 1. The maximum Gasteiger partial charge on any atom is 0.324 e. The first-order valence-electron chi connectivity index (χ1n) is 11.6. The number of methoxy groups -OCH3 is 1. The Morgan fingerprint density at radius 2 is 2.12 bits per heavy atom. The van der Waals surface area contributed by atoms with E-state index in [-0.39, 0.29) is 24.0 Å². The van der Waals surface area contributed by atoms with Gasteiger partial charge in [0.15, 0.2) is 0 Å². The molecule has 0 bridgehead atoms. The number of urea groups is 1. The molecule has 3 aliphatic rings. The van der Waals surface area contributed by atoms with Crippen LogP contribution in [0.2, 0.25) is 0 Å². The summed E-state index contributed by atoms with van der Waals surface area (Å²) in [6.07, 6.45) is 3.76. The molecular formula is C24H32F2N2O5. The molecule has 1 aromatic rings. The molecule has 1 aromatic carbocycles. The molecule has 1 spiro atoms. The fourth-order valence-electron chi connectivity index (χ4n) is 5.50. The van der Waals surface area contributed by atoms with Crippen molar-refractivity contribution in [2.75, 3.05) is 26.9 Å². The molecule has 1 heterocycles. The molecule has 33 heavy (non-hydrogen) atoms. The Labute approximate surface area is 192 Å². The number of halogens is 2. The van der Waals surface area contributed by atoms with Crippen molar-refractivity contribution in [2.24, 2.45) is 5.41 Å². The Hall–Kier alpha value is -2.26. The second-order valence-electron chi connectivity index (χ2n) is 9.31. The number of benzene rings is 1. The molecule has 1 saturated heterocycles. The normalized spacial score (nSPS) is 28.7. The number of ether oxygens (including phenoxy) is 3. The number of nitrogens with one attached hydrogen (secondary N) is 1. The van der Waals surface area contributed by atoms with E-state index in [1.807, 2.05) is 18.2 Å². The lowest BCUT2D eigenvalue weighted by atomic mass is 9.68. The summed E-state index contributed by atoms with van der Waals surface area (Å²) in [6.45, 7) is 0.283. The molecular weight excluding hydrogens is 434 g/mol. The number of carbonyl (C=O) groups excluding carboxylic acids is 2. The van der Waals surface area contributed by atoms with Crippen LogP contribution in [0.15, 0.2) is 18.2 Å². The van der Waals surface area contributed by atoms with Crippen LogP contribution in [0.5, 0.6) is 5.75 Å². The third-order valence-electron chi connectivity index (χ3n) is 7.30. The van der Waals surface area contributed by atoms with E-state index < -0.39 is 25.0 Å². The predicted octanol–water partition coefficient (Wildman–Crippen LogP) is 3.85. The molecule has 9 heteroatoms. The molecule has 0 aromatic heterocycles. The van der Waals surface area contributed by atoms with Gasteiger partial charge in [-0.3, -0.25) is 9.69 Å². The van der Waals surface area contributed by atoms with Gasteiger partial charge in [0.2, 0.25) is 6.41 Å². The number of carbonyl (C=O) groups is 2. The molecule has 7 nitrogen and oxygen atoms in total. The molecule has 1 N–H and O–H groups in total. The second kappa shape index (κ2) is 10.3. The first-order chi connectivity index (χ1) is 15.9. The summed E-state index contributed by atoms with van der Waals surface area (Å²) >= 11 is 0. The van der Waals surface area contributed by atoms with Gasteiger partial charge in [-0.2, -0.15) is 0 Å². The highest BCUT2D eigenvalue weighted by Crippen LogP contribution is 2.55. The van der Waals surface area contributed by atoms with E-state index >= 15 is 0 Å². The molecule has 2 unspecified atom stereocenters. The highest BCUT2D eigenvalue weighted by atomic mass is 19.3. The third-order valence-corrected chi connectivity index (χ3v) is 7.30. The zero-order chi connectivity index (χ0) is 23.4. The van der Waals surface area contributed by atoms with E-state index in [0.717, 1.165) is 62.7 Å². The number of alkyl halides is 2. The summed E-state index contributed by atoms with van der Waals surface area (Å²) in [5, 5.41) is 2.91. The fraction of sp³-hybridized carbons (Fsp3) is 0.667. The van der Waals surface area contributed by atoms with E-state index in [1.54, 1.807) is 7.11 Å². The Bertz CT molecular complexity index is 838. The van der Waals surface area contributed by atoms with Crippen LogP contribution in [0.25, 0.3) is 0 Å². The summed E-state index contributed by atoms with van der Waals surface area (Å²) in [5.74, 6) is 0.686. The fourth-order valence-corrected chi connectivity index (χ4v) is 5.50. The zero-order valence-electron chi connectivity index (χ0n) is 18.9. The summed E-state index contributed by atoms with van der Waals surface area (Å²) in [4.78, 5) is 24.6. The van der Waals surface area contributed by atoms with Crippen molar-refractivity contribution in [1.29, 1.82) is 0 Å². The van der Waals surface area contributed by atoms with Crippen LogP contribution < -0.4 is 10.1 Å². The molecule has 2 aliphatic carbocycles. The summed E-state index contributed by atoms with van der Waals surface area (Å²) < 4.78 is 42.9. The highest BCUT2D eigenvalue weighted by Gasteiger charge is 2.49. The number of hydrogen-bond donors (Lipinski definition) is 1. The molecule has 2 atom stereocenters. The van der Waals surface area contributed by atoms with Crippen LogP contribution in [-0.2, 0) is 20.7 Å². The van der Waals surface area contributed by atoms with Gasteiger partial charge in [-0.25, -0.2) is 13.6 Å². The number of amides is 3. The maximum absolute atomic E-state index is 12.9. The minimum atomic E-state index is -2.79. The van der Waals surface area contributed by atoms with E-state index in [1.165, 1.54) is 0 Å². The van der Waals surface area contributed by atoms with Crippen LogP contribution in [-0.4, -0.2) is 62.8 Å². The summed E-state index contributed by atoms with van der Waals surface area (Å²) in [6, 6.07) is 4.69. The first-order valence-corrected chi connectivity index (χ1v) is 11.6. The molecule has 2 fully saturated rings. The highest BCUT2D eigenvalue weighted by molar-refractivity contribution is 5.85. The van der Waals surface area contributed by atoms with Crippen molar-refractivity contribution in [2.45, 2.75) is 69.6 Å². The first kappa shape index (κ1) is 23.9. The number of rotatable bonds is 8. The van der Waals surface area contributed by atoms with E-state index in [2.05, 4.69) is 5.32 Å². The number of hydrogen-bond acceptors (Lipinski definition) is 5. The summed E-state index contributed by atoms with van der Waals surface area (Å²) in [5.41, 5.74) is 1.78. The van der Waals surface area contributed by atoms with Gasteiger partial charge in [0.25, 0.3) is 6.43 Å². The number of nitrogens with zero attached hydrogens (tertiary/aromatic N) is 1. The monoisotopic (exact) mass is 466 g/mol. The van der Waals surface area contributed by atoms with Crippen LogP contribution >= 0.6 is 0 Å². The lowest BCUT2D eigenvalue weighted by Crippen LogP contribution is -2.48. The topological polar surface area (TPSA) is 77.1 Å².